The average molecular weight is 460 g/mol. The molecule has 2 aliphatic heterocycles. The molecule has 0 saturated carbocycles. The summed E-state index contributed by atoms with van der Waals surface area (Å²) in [7, 11) is 1.44. The van der Waals surface area contributed by atoms with Gasteiger partial charge >= 0.3 is 0 Å². The third kappa shape index (κ3) is 5.62. The topological polar surface area (TPSA) is 102 Å². The monoisotopic (exact) mass is 459 g/mol. The van der Waals surface area contributed by atoms with E-state index in [1.807, 2.05) is 4.90 Å². The van der Waals surface area contributed by atoms with Gasteiger partial charge in [0.25, 0.3) is 0 Å². The summed E-state index contributed by atoms with van der Waals surface area (Å²) in [4.78, 5) is 17.6. The van der Waals surface area contributed by atoms with E-state index in [2.05, 4.69) is 32.1 Å². The fourth-order valence-electron chi connectivity index (χ4n) is 4.64. The number of nitrogens with zero attached hydrogens (tertiary/aromatic N) is 5. The van der Waals surface area contributed by atoms with E-state index in [1.165, 1.54) is 19.6 Å². The van der Waals surface area contributed by atoms with Crippen LogP contribution in [0.25, 0.3) is 0 Å². The Kier molecular flexibility index (Phi) is 7.77. The summed E-state index contributed by atoms with van der Waals surface area (Å²) in [5.74, 6) is 0.562. The molecule has 9 nitrogen and oxygen atoms in total. The Labute approximate surface area is 194 Å². The molecule has 33 heavy (non-hydrogen) atoms. The number of nitrogens with two attached hydrogens (primary N) is 1. The number of likely N-dealkylation sites (tertiary alicyclic amines) is 1. The van der Waals surface area contributed by atoms with Gasteiger partial charge in [-0.3, -0.25) is 9.80 Å². The first-order valence-corrected chi connectivity index (χ1v) is 11.8. The largest absolute Gasteiger partial charge is 0.494 e. The summed E-state index contributed by atoms with van der Waals surface area (Å²) in [5, 5.41) is 3.34. The number of ether oxygens (including phenoxy) is 2. The first-order valence-electron chi connectivity index (χ1n) is 11.8. The zero-order valence-electron chi connectivity index (χ0n) is 19.5. The quantitative estimate of drug-likeness (QED) is 0.613. The molecule has 0 spiro atoms. The lowest BCUT2D eigenvalue weighted by Crippen LogP contribution is -2.36. The molecule has 3 N–H and O–H groups in total. The van der Waals surface area contributed by atoms with E-state index in [0.29, 0.717) is 30.2 Å². The average Bonchev–Trinajstić information content (AvgIpc) is 3.11. The lowest BCUT2D eigenvalue weighted by molar-refractivity contribution is 0.0626. The molecule has 1 aromatic carbocycles. The van der Waals surface area contributed by atoms with Gasteiger partial charge < -0.3 is 20.5 Å². The van der Waals surface area contributed by atoms with Crippen LogP contribution in [0.2, 0.25) is 0 Å². The number of nitrogen functional groups attached to an aromatic ring is 1. The van der Waals surface area contributed by atoms with E-state index in [1.54, 1.807) is 12.1 Å². The third-order valence-corrected chi connectivity index (χ3v) is 6.36. The Balaban J connectivity index is 1.63. The smallest absolute Gasteiger partial charge is 0.238 e. The minimum absolute atomic E-state index is 0.105. The molecule has 2 atom stereocenters. The molecule has 180 valence electrons. The van der Waals surface area contributed by atoms with Gasteiger partial charge in [-0.1, -0.05) is 13.3 Å². The number of aromatic nitrogens is 3. The van der Waals surface area contributed by atoms with E-state index in [0.717, 1.165) is 51.7 Å². The number of rotatable bonds is 8. The summed E-state index contributed by atoms with van der Waals surface area (Å²) < 4.78 is 25.8. The van der Waals surface area contributed by atoms with Gasteiger partial charge in [0.05, 0.1) is 7.11 Å². The normalized spacial score (nSPS) is 21.5. The van der Waals surface area contributed by atoms with Crippen LogP contribution >= 0.6 is 0 Å². The van der Waals surface area contributed by atoms with E-state index >= 15 is 0 Å². The van der Waals surface area contributed by atoms with Crippen molar-refractivity contribution in [3.8, 4) is 5.75 Å². The summed E-state index contributed by atoms with van der Waals surface area (Å²) in [5.41, 5.74) is 6.65. The minimum atomic E-state index is -0.463. The second-order valence-corrected chi connectivity index (χ2v) is 8.49. The van der Waals surface area contributed by atoms with Crippen LogP contribution in [0, 0.1) is 5.82 Å². The summed E-state index contributed by atoms with van der Waals surface area (Å²) in [6.45, 7) is 5.67. The molecule has 0 bridgehead atoms. The van der Waals surface area contributed by atoms with Crippen LogP contribution in [0.1, 0.15) is 45.4 Å². The fourth-order valence-corrected chi connectivity index (χ4v) is 4.64. The number of hydrogen-bond donors (Lipinski definition) is 2. The highest BCUT2D eigenvalue weighted by molar-refractivity contribution is 5.61. The second kappa shape index (κ2) is 10.9. The maximum Gasteiger partial charge on any atom is 0.238 e. The van der Waals surface area contributed by atoms with Crippen molar-refractivity contribution < 1.29 is 13.9 Å². The number of benzene rings is 1. The molecule has 2 saturated heterocycles. The standard InChI is InChI=1S/C23H34FN7O2/c1-3-30-12-7-8-17(30)15-26-22-27-21(25)28-23(29-22)31(20-9-5-4-6-13-33-20)16-10-11-19(32-2)18(24)14-16/h10-11,14,17,20H,3-9,12-13,15H2,1-2H3,(H3,25,26,27,28,29). The zero-order valence-corrected chi connectivity index (χ0v) is 19.5. The molecule has 3 heterocycles. The van der Waals surface area contributed by atoms with Crippen LogP contribution in [-0.2, 0) is 4.74 Å². The molecular weight excluding hydrogens is 425 g/mol. The third-order valence-electron chi connectivity index (χ3n) is 6.36. The van der Waals surface area contributed by atoms with Crippen molar-refractivity contribution >= 4 is 23.5 Å². The number of hydrogen-bond acceptors (Lipinski definition) is 9. The molecule has 2 aliphatic rings. The first kappa shape index (κ1) is 23.4. The van der Waals surface area contributed by atoms with Crippen LogP contribution in [0.4, 0.5) is 27.9 Å². The van der Waals surface area contributed by atoms with Crippen LogP contribution < -0.4 is 20.7 Å². The number of halogens is 1. The van der Waals surface area contributed by atoms with E-state index in [9.17, 15) is 4.39 Å². The fraction of sp³-hybridized carbons (Fsp3) is 0.609. The van der Waals surface area contributed by atoms with E-state index in [-0.39, 0.29) is 17.9 Å². The van der Waals surface area contributed by atoms with Crippen molar-refractivity contribution in [2.75, 3.05) is 49.3 Å². The summed E-state index contributed by atoms with van der Waals surface area (Å²) in [6.07, 6.45) is 5.85. The Morgan fingerprint density at radius 1 is 1.21 bits per heavy atom. The molecule has 2 fully saturated rings. The van der Waals surface area contributed by atoms with E-state index < -0.39 is 5.82 Å². The summed E-state index contributed by atoms with van der Waals surface area (Å²) in [6, 6.07) is 5.23. The van der Waals surface area contributed by atoms with Crippen molar-refractivity contribution in [1.82, 2.24) is 19.9 Å². The number of anilines is 4. The van der Waals surface area contributed by atoms with Crippen LogP contribution in [-0.4, -0.2) is 65.5 Å². The van der Waals surface area contributed by atoms with Crippen LogP contribution in [0.5, 0.6) is 5.75 Å². The molecule has 10 heteroatoms. The summed E-state index contributed by atoms with van der Waals surface area (Å²) >= 11 is 0. The SMILES string of the molecule is CCN1CCCC1CNc1nc(N)nc(N(c2ccc(OC)c(F)c2)C2CCCCCO2)n1. The number of methoxy groups -OCH3 is 1. The molecule has 2 aromatic rings. The van der Waals surface area contributed by atoms with Gasteiger partial charge in [-0.15, -0.1) is 0 Å². The molecule has 2 unspecified atom stereocenters. The maximum atomic E-state index is 14.6. The minimum Gasteiger partial charge on any atom is -0.494 e. The number of likely N-dealkylation sites (N-methyl/N-ethyl adjacent to an activating group) is 1. The van der Waals surface area contributed by atoms with Crippen molar-refractivity contribution in [3.05, 3.63) is 24.0 Å². The predicted molar refractivity (Wildman–Crippen MR) is 126 cm³/mol. The first-order chi connectivity index (χ1) is 16.1. The Morgan fingerprint density at radius 3 is 2.88 bits per heavy atom. The van der Waals surface area contributed by atoms with Crippen molar-refractivity contribution in [2.24, 2.45) is 0 Å². The van der Waals surface area contributed by atoms with Crippen LogP contribution in [0.3, 0.4) is 0 Å². The van der Waals surface area contributed by atoms with Crippen LogP contribution in [0.15, 0.2) is 18.2 Å². The molecule has 4 rings (SSSR count). The van der Waals surface area contributed by atoms with E-state index in [4.69, 9.17) is 15.2 Å². The highest BCUT2D eigenvalue weighted by Crippen LogP contribution is 2.33. The predicted octanol–water partition coefficient (Wildman–Crippen LogP) is 3.55. The molecular formula is C23H34FN7O2. The second-order valence-electron chi connectivity index (χ2n) is 8.49. The van der Waals surface area contributed by atoms with Crippen molar-refractivity contribution in [3.63, 3.8) is 0 Å². The van der Waals surface area contributed by atoms with Gasteiger partial charge in [0, 0.05) is 30.9 Å². The maximum absolute atomic E-state index is 14.6. The van der Waals surface area contributed by atoms with Gasteiger partial charge in [0.15, 0.2) is 11.6 Å². The van der Waals surface area contributed by atoms with Gasteiger partial charge in [0.1, 0.15) is 6.23 Å². The van der Waals surface area contributed by atoms with Gasteiger partial charge in [0.2, 0.25) is 17.8 Å². The Morgan fingerprint density at radius 2 is 2.09 bits per heavy atom. The molecule has 0 aliphatic carbocycles. The lowest BCUT2D eigenvalue weighted by atomic mass is 10.2. The number of nitrogens with one attached hydrogen (secondary N) is 1. The Hall–Kier alpha value is -2.72. The lowest BCUT2D eigenvalue weighted by Gasteiger charge is -2.31. The van der Waals surface area contributed by atoms with Crippen molar-refractivity contribution in [2.45, 2.75) is 57.7 Å². The molecule has 0 radical (unpaired) electrons. The zero-order chi connectivity index (χ0) is 23.2. The van der Waals surface area contributed by atoms with Gasteiger partial charge in [-0.25, -0.2) is 4.39 Å². The Bertz CT molecular complexity index is 924. The highest BCUT2D eigenvalue weighted by Gasteiger charge is 2.28. The highest BCUT2D eigenvalue weighted by atomic mass is 19.1. The molecule has 0 amide bonds. The van der Waals surface area contributed by atoms with Gasteiger partial charge in [-0.2, -0.15) is 15.0 Å². The van der Waals surface area contributed by atoms with Crippen molar-refractivity contribution in [1.29, 1.82) is 0 Å². The van der Waals surface area contributed by atoms with Gasteiger partial charge in [-0.05, 0) is 57.3 Å². The molecule has 1 aromatic heterocycles.